The van der Waals surface area contributed by atoms with Crippen LogP contribution >= 0.6 is 0 Å². The van der Waals surface area contributed by atoms with E-state index in [1.165, 1.54) is 16.9 Å². The molecule has 3 N–H and O–H groups in total. The van der Waals surface area contributed by atoms with E-state index in [4.69, 9.17) is 10.2 Å². The Kier molecular flexibility index (Phi) is 3.19. The van der Waals surface area contributed by atoms with Gasteiger partial charge in [-0.25, -0.2) is 0 Å². The molecule has 100 valence electrons. The second-order valence-electron chi connectivity index (χ2n) is 3.76. The number of nitrogens with one attached hydrogen (secondary N) is 1. The van der Waals surface area contributed by atoms with Crippen molar-refractivity contribution < 1.29 is 14.1 Å². The smallest absolute Gasteiger partial charge is 0.395 e. The van der Waals surface area contributed by atoms with Crippen LogP contribution in [0.2, 0.25) is 0 Å². The Morgan fingerprint density at radius 1 is 1.63 bits per heavy atom. The van der Waals surface area contributed by atoms with Gasteiger partial charge in [0.1, 0.15) is 10.7 Å². The average Bonchev–Trinajstić information content (AvgIpc) is 2.97. The average molecular weight is 265 g/mol. The van der Waals surface area contributed by atoms with E-state index < -0.39 is 16.7 Å². The second-order valence-corrected chi connectivity index (χ2v) is 3.76. The van der Waals surface area contributed by atoms with Gasteiger partial charge >= 0.3 is 5.88 Å². The summed E-state index contributed by atoms with van der Waals surface area (Å²) in [6.45, 7) is 0.160. The van der Waals surface area contributed by atoms with Crippen molar-refractivity contribution in [3.63, 3.8) is 0 Å². The summed E-state index contributed by atoms with van der Waals surface area (Å²) < 4.78 is 6.24. The monoisotopic (exact) mass is 265 g/mol. The number of nitro groups is 1. The SMILES string of the molecule is Cn1ncc(CNC(=O)c2ccc([N+](=O)[O-])o2)c1N. The summed E-state index contributed by atoms with van der Waals surface area (Å²) >= 11 is 0. The molecule has 9 nitrogen and oxygen atoms in total. The maximum Gasteiger partial charge on any atom is 0.433 e. The molecule has 2 heterocycles. The van der Waals surface area contributed by atoms with E-state index in [2.05, 4.69) is 10.4 Å². The second kappa shape index (κ2) is 4.80. The highest BCUT2D eigenvalue weighted by atomic mass is 16.6. The van der Waals surface area contributed by atoms with Gasteiger partial charge in [-0.2, -0.15) is 5.10 Å². The summed E-state index contributed by atoms with van der Waals surface area (Å²) in [7, 11) is 1.68. The largest absolute Gasteiger partial charge is 0.433 e. The van der Waals surface area contributed by atoms with Crippen LogP contribution in [0, 0.1) is 10.1 Å². The maximum atomic E-state index is 11.7. The van der Waals surface area contributed by atoms with Crippen molar-refractivity contribution in [3.8, 4) is 0 Å². The molecule has 2 aromatic rings. The van der Waals surface area contributed by atoms with E-state index in [-0.39, 0.29) is 12.3 Å². The Labute approximate surface area is 107 Å². The number of nitrogens with zero attached hydrogens (tertiary/aromatic N) is 3. The van der Waals surface area contributed by atoms with Crippen molar-refractivity contribution in [2.24, 2.45) is 7.05 Å². The molecule has 0 saturated carbocycles. The molecule has 0 radical (unpaired) electrons. The quantitative estimate of drug-likeness (QED) is 0.609. The summed E-state index contributed by atoms with van der Waals surface area (Å²) in [6, 6.07) is 2.35. The van der Waals surface area contributed by atoms with Gasteiger partial charge in [-0.1, -0.05) is 0 Å². The molecule has 19 heavy (non-hydrogen) atoms. The highest BCUT2D eigenvalue weighted by molar-refractivity contribution is 5.91. The van der Waals surface area contributed by atoms with Crippen LogP contribution in [0.5, 0.6) is 0 Å². The predicted molar refractivity (Wildman–Crippen MR) is 64.2 cm³/mol. The summed E-state index contributed by atoms with van der Waals surface area (Å²) in [5.74, 6) is -0.734. The van der Waals surface area contributed by atoms with Gasteiger partial charge in [-0.15, -0.1) is 0 Å². The topological polar surface area (TPSA) is 129 Å². The minimum Gasteiger partial charge on any atom is -0.395 e. The molecule has 1 amide bonds. The van der Waals surface area contributed by atoms with E-state index in [9.17, 15) is 14.9 Å². The molecule has 2 aromatic heterocycles. The first-order valence-corrected chi connectivity index (χ1v) is 5.28. The Morgan fingerprint density at radius 3 is 2.89 bits per heavy atom. The molecule has 0 fully saturated rings. The van der Waals surface area contributed by atoms with Crippen molar-refractivity contribution in [1.82, 2.24) is 15.1 Å². The van der Waals surface area contributed by atoms with Gasteiger partial charge in [0.15, 0.2) is 5.76 Å². The van der Waals surface area contributed by atoms with Crippen molar-refractivity contribution in [2.75, 3.05) is 5.73 Å². The number of rotatable bonds is 4. The molecule has 0 aliphatic carbocycles. The number of carbonyl (C=O) groups excluding carboxylic acids is 1. The highest BCUT2D eigenvalue weighted by Crippen LogP contribution is 2.15. The van der Waals surface area contributed by atoms with Crippen LogP contribution in [0.25, 0.3) is 0 Å². The van der Waals surface area contributed by atoms with E-state index in [1.54, 1.807) is 7.05 Å². The first-order chi connectivity index (χ1) is 8.99. The normalized spacial score (nSPS) is 10.4. The number of furan rings is 1. The number of nitrogen functional groups attached to an aromatic ring is 1. The zero-order valence-electron chi connectivity index (χ0n) is 9.99. The summed E-state index contributed by atoms with van der Waals surface area (Å²) in [6.07, 6.45) is 1.53. The fourth-order valence-corrected chi connectivity index (χ4v) is 1.44. The Bertz CT molecular complexity index is 630. The van der Waals surface area contributed by atoms with Crippen LogP contribution in [-0.2, 0) is 13.6 Å². The number of hydrogen-bond acceptors (Lipinski definition) is 6. The number of anilines is 1. The molecule has 9 heteroatoms. The van der Waals surface area contributed by atoms with E-state index in [0.717, 1.165) is 6.07 Å². The maximum absolute atomic E-state index is 11.7. The first kappa shape index (κ1) is 12.6. The van der Waals surface area contributed by atoms with Crippen LogP contribution in [0.15, 0.2) is 22.7 Å². The number of nitrogens with two attached hydrogens (primary N) is 1. The fourth-order valence-electron chi connectivity index (χ4n) is 1.44. The lowest BCUT2D eigenvalue weighted by Gasteiger charge is -2.02. The molecule has 0 aromatic carbocycles. The number of amides is 1. The Morgan fingerprint density at radius 2 is 2.37 bits per heavy atom. The lowest BCUT2D eigenvalue weighted by Crippen LogP contribution is -2.22. The first-order valence-electron chi connectivity index (χ1n) is 5.28. The molecular formula is C10H11N5O4. The lowest BCUT2D eigenvalue weighted by molar-refractivity contribution is -0.402. The van der Waals surface area contributed by atoms with E-state index in [1.807, 2.05) is 0 Å². The highest BCUT2D eigenvalue weighted by Gasteiger charge is 2.17. The van der Waals surface area contributed by atoms with Gasteiger partial charge in [-0.05, 0) is 6.07 Å². The van der Waals surface area contributed by atoms with Gasteiger partial charge in [0.25, 0.3) is 5.91 Å². The van der Waals surface area contributed by atoms with Crippen LogP contribution in [0.3, 0.4) is 0 Å². The van der Waals surface area contributed by atoms with Gasteiger partial charge in [0.2, 0.25) is 0 Å². The molecule has 0 spiro atoms. The fraction of sp³-hybridized carbons (Fsp3) is 0.200. The van der Waals surface area contributed by atoms with Crippen molar-refractivity contribution >= 4 is 17.6 Å². The Hall–Kier alpha value is -2.84. The van der Waals surface area contributed by atoms with Gasteiger partial charge in [-0.3, -0.25) is 19.6 Å². The third-order valence-electron chi connectivity index (χ3n) is 2.50. The van der Waals surface area contributed by atoms with Gasteiger partial charge in [0, 0.05) is 19.2 Å². The standard InChI is InChI=1S/C10H11N5O4/c1-14-9(11)6(5-13-14)4-12-10(16)7-2-3-8(19-7)15(17)18/h2-3,5H,4,11H2,1H3,(H,12,16). The van der Waals surface area contributed by atoms with Crippen LogP contribution in [0.1, 0.15) is 16.1 Å². The molecule has 0 atom stereocenters. The predicted octanol–water partition coefficient (Wildman–Crippen LogP) is 0.433. The number of aryl methyl sites for hydroxylation is 1. The summed E-state index contributed by atoms with van der Waals surface area (Å²) in [5.41, 5.74) is 6.36. The zero-order chi connectivity index (χ0) is 14.0. The lowest BCUT2D eigenvalue weighted by atomic mass is 10.3. The molecule has 0 aliphatic rings. The Balaban J connectivity index is 2.01. The minimum atomic E-state index is -0.712. The minimum absolute atomic E-state index is 0.130. The molecule has 0 unspecified atom stereocenters. The summed E-state index contributed by atoms with van der Waals surface area (Å²) in [4.78, 5) is 21.4. The third-order valence-corrected chi connectivity index (χ3v) is 2.50. The van der Waals surface area contributed by atoms with Crippen molar-refractivity contribution in [3.05, 3.63) is 39.8 Å². The summed E-state index contributed by atoms with van der Waals surface area (Å²) in [5, 5.41) is 16.9. The van der Waals surface area contributed by atoms with Crippen molar-refractivity contribution in [1.29, 1.82) is 0 Å². The zero-order valence-corrected chi connectivity index (χ0v) is 9.99. The van der Waals surface area contributed by atoms with Gasteiger partial charge in [0.05, 0.1) is 12.3 Å². The van der Waals surface area contributed by atoms with E-state index in [0.29, 0.717) is 11.4 Å². The molecule has 2 rings (SSSR count). The molecule has 0 saturated heterocycles. The number of aromatic nitrogens is 2. The molecule has 0 aliphatic heterocycles. The number of carbonyl (C=O) groups is 1. The molecular weight excluding hydrogens is 254 g/mol. The van der Waals surface area contributed by atoms with Crippen LogP contribution in [-0.4, -0.2) is 20.6 Å². The third kappa shape index (κ3) is 2.54. The van der Waals surface area contributed by atoms with Crippen molar-refractivity contribution in [2.45, 2.75) is 6.54 Å². The van der Waals surface area contributed by atoms with Crippen LogP contribution in [0.4, 0.5) is 11.7 Å². The number of hydrogen-bond donors (Lipinski definition) is 2. The molecule has 0 bridgehead atoms. The van der Waals surface area contributed by atoms with Crippen LogP contribution < -0.4 is 11.1 Å². The van der Waals surface area contributed by atoms with E-state index >= 15 is 0 Å². The van der Waals surface area contributed by atoms with Gasteiger partial charge < -0.3 is 15.5 Å².